The van der Waals surface area contributed by atoms with Crippen molar-refractivity contribution < 1.29 is 0 Å². The lowest BCUT2D eigenvalue weighted by atomic mass is 10.0. The zero-order chi connectivity index (χ0) is 13.8. The van der Waals surface area contributed by atoms with Gasteiger partial charge in [0.15, 0.2) is 0 Å². The molecule has 3 rings (SSSR count). The molecule has 0 fully saturated rings. The fourth-order valence-corrected chi connectivity index (χ4v) is 3.09. The van der Waals surface area contributed by atoms with Crippen molar-refractivity contribution in [2.75, 3.05) is 5.32 Å². The van der Waals surface area contributed by atoms with Crippen LogP contribution in [0.5, 0.6) is 0 Å². The van der Waals surface area contributed by atoms with Gasteiger partial charge in [-0.1, -0.05) is 37.3 Å². The van der Waals surface area contributed by atoms with Gasteiger partial charge in [0.1, 0.15) is 0 Å². The Morgan fingerprint density at radius 1 is 1.15 bits per heavy atom. The third kappa shape index (κ3) is 2.99. The van der Waals surface area contributed by atoms with E-state index in [1.54, 1.807) is 11.3 Å². The van der Waals surface area contributed by atoms with E-state index in [1.807, 2.05) is 5.51 Å². The van der Waals surface area contributed by atoms with E-state index in [2.05, 4.69) is 65.8 Å². The number of nitrogens with one attached hydrogen (secondary N) is 1. The molecule has 1 heterocycles. The maximum Gasteiger partial charge on any atom is 0.0813 e. The summed E-state index contributed by atoms with van der Waals surface area (Å²) in [5.41, 5.74) is 5.54. The number of fused-ring (bicyclic) bond motifs is 1. The monoisotopic (exact) mass is 282 g/mol. The number of nitrogens with zero attached hydrogens (tertiary/aromatic N) is 1. The average molecular weight is 282 g/mol. The maximum atomic E-state index is 4.32. The molecule has 0 aliphatic heterocycles. The van der Waals surface area contributed by atoms with Crippen molar-refractivity contribution in [1.29, 1.82) is 0 Å². The molecular formula is C17H18N2S. The van der Waals surface area contributed by atoms with E-state index in [1.165, 1.54) is 16.0 Å². The molecule has 3 aromatic rings. The van der Waals surface area contributed by atoms with Crippen LogP contribution in [0, 0.1) is 0 Å². The van der Waals surface area contributed by atoms with E-state index in [0.29, 0.717) is 6.04 Å². The molecule has 102 valence electrons. The first kappa shape index (κ1) is 13.1. The number of rotatable bonds is 5. The van der Waals surface area contributed by atoms with Crippen LogP contribution in [-0.2, 0) is 6.42 Å². The zero-order valence-electron chi connectivity index (χ0n) is 11.5. The molecule has 0 radical (unpaired) electrons. The number of hydrogen-bond donors (Lipinski definition) is 1. The third-order valence-electron chi connectivity index (χ3n) is 3.52. The van der Waals surface area contributed by atoms with Gasteiger partial charge >= 0.3 is 0 Å². The predicted octanol–water partition coefficient (Wildman–Crippen LogP) is 4.73. The second-order valence-corrected chi connectivity index (χ2v) is 5.86. The zero-order valence-corrected chi connectivity index (χ0v) is 12.4. The first-order chi connectivity index (χ1) is 9.85. The SMILES string of the molecule is CCC(Cc1ccccc1)Nc1ccc2ncsc2c1. The number of anilines is 1. The van der Waals surface area contributed by atoms with Crippen LogP contribution >= 0.6 is 11.3 Å². The van der Waals surface area contributed by atoms with Crippen molar-refractivity contribution in [1.82, 2.24) is 4.98 Å². The summed E-state index contributed by atoms with van der Waals surface area (Å²) in [6.07, 6.45) is 2.16. The summed E-state index contributed by atoms with van der Waals surface area (Å²) in [6, 6.07) is 17.5. The number of benzene rings is 2. The van der Waals surface area contributed by atoms with Crippen molar-refractivity contribution in [3.05, 3.63) is 59.6 Å². The fourth-order valence-electron chi connectivity index (χ4n) is 2.38. The molecular weight excluding hydrogens is 264 g/mol. The lowest BCUT2D eigenvalue weighted by molar-refractivity contribution is 0.690. The standard InChI is InChI=1S/C17H18N2S/c1-2-14(10-13-6-4-3-5-7-13)19-15-8-9-16-17(11-15)20-12-18-16/h3-9,11-12,14,19H,2,10H2,1H3. The number of hydrogen-bond acceptors (Lipinski definition) is 3. The lowest BCUT2D eigenvalue weighted by Crippen LogP contribution is -2.21. The second-order valence-electron chi connectivity index (χ2n) is 4.97. The van der Waals surface area contributed by atoms with Gasteiger partial charge in [-0.25, -0.2) is 4.98 Å². The molecule has 0 amide bonds. The van der Waals surface area contributed by atoms with Gasteiger partial charge in [-0.2, -0.15) is 0 Å². The highest BCUT2D eigenvalue weighted by molar-refractivity contribution is 7.16. The van der Waals surface area contributed by atoms with Crippen LogP contribution in [0.15, 0.2) is 54.0 Å². The molecule has 0 aliphatic carbocycles. The van der Waals surface area contributed by atoms with Gasteiger partial charge in [0.2, 0.25) is 0 Å². The summed E-state index contributed by atoms with van der Waals surface area (Å²) < 4.78 is 1.24. The summed E-state index contributed by atoms with van der Waals surface area (Å²) >= 11 is 1.69. The van der Waals surface area contributed by atoms with E-state index in [0.717, 1.165) is 18.4 Å². The Morgan fingerprint density at radius 3 is 2.80 bits per heavy atom. The Labute approximate surface area is 123 Å². The molecule has 0 aliphatic rings. The topological polar surface area (TPSA) is 24.9 Å². The molecule has 1 unspecified atom stereocenters. The molecule has 0 saturated heterocycles. The van der Waals surface area contributed by atoms with E-state index in [4.69, 9.17) is 0 Å². The van der Waals surface area contributed by atoms with E-state index >= 15 is 0 Å². The third-order valence-corrected chi connectivity index (χ3v) is 4.31. The minimum Gasteiger partial charge on any atom is -0.382 e. The number of thiazole rings is 1. The Morgan fingerprint density at radius 2 is 2.00 bits per heavy atom. The smallest absolute Gasteiger partial charge is 0.0813 e. The molecule has 0 spiro atoms. The molecule has 1 aromatic heterocycles. The highest BCUT2D eigenvalue weighted by Crippen LogP contribution is 2.23. The van der Waals surface area contributed by atoms with E-state index in [-0.39, 0.29) is 0 Å². The average Bonchev–Trinajstić information content (AvgIpc) is 2.95. The Balaban J connectivity index is 1.73. The summed E-state index contributed by atoms with van der Waals surface area (Å²) in [7, 11) is 0. The summed E-state index contributed by atoms with van der Waals surface area (Å²) in [4.78, 5) is 4.32. The second kappa shape index (κ2) is 6.06. The first-order valence-electron chi connectivity index (χ1n) is 6.99. The Kier molecular flexibility index (Phi) is 3.97. The quantitative estimate of drug-likeness (QED) is 0.731. The van der Waals surface area contributed by atoms with Gasteiger partial charge in [0.05, 0.1) is 15.7 Å². The molecule has 0 saturated carbocycles. The minimum absolute atomic E-state index is 0.461. The largest absolute Gasteiger partial charge is 0.382 e. The van der Waals surface area contributed by atoms with Gasteiger partial charge in [-0.15, -0.1) is 11.3 Å². The summed E-state index contributed by atoms with van der Waals surface area (Å²) in [5, 5.41) is 3.64. The van der Waals surface area contributed by atoms with Crippen LogP contribution < -0.4 is 5.32 Å². The van der Waals surface area contributed by atoms with Crippen LogP contribution in [0.4, 0.5) is 5.69 Å². The molecule has 3 heteroatoms. The fraction of sp³-hybridized carbons (Fsp3) is 0.235. The minimum atomic E-state index is 0.461. The highest BCUT2D eigenvalue weighted by atomic mass is 32.1. The van der Waals surface area contributed by atoms with Crippen molar-refractivity contribution in [2.24, 2.45) is 0 Å². The normalized spacial score (nSPS) is 12.4. The van der Waals surface area contributed by atoms with Crippen LogP contribution in [-0.4, -0.2) is 11.0 Å². The molecule has 1 atom stereocenters. The van der Waals surface area contributed by atoms with Gasteiger partial charge in [-0.05, 0) is 36.6 Å². The predicted molar refractivity (Wildman–Crippen MR) is 87.5 cm³/mol. The Bertz CT molecular complexity index is 676. The lowest BCUT2D eigenvalue weighted by Gasteiger charge is -2.18. The first-order valence-corrected chi connectivity index (χ1v) is 7.87. The van der Waals surface area contributed by atoms with Crippen molar-refractivity contribution >= 4 is 27.2 Å². The van der Waals surface area contributed by atoms with Gasteiger partial charge in [-0.3, -0.25) is 0 Å². The van der Waals surface area contributed by atoms with Crippen LogP contribution in [0.2, 0.25) is 0 Å². The van der Waals surface area contributed by atoms with Crippen molar-refractivity contribution in [2.45, 2.75) is 25.8 Å². The maximum absolute atomic E-state index is 4.32. The van der Waals surface area contributed by atoms with Gasteiger partial charge in [0, 0.05) is 11.7 Å². The molecule has 2 nitrogen and oxygen atoms in total. The van der Waals surface area contributed by atoms with E-state index in [9.17, 15) is 0 Å². The van der Waals surface area contributed by atoms with Crippen LogP contribution in [0.25, 0.3) is 10.2 Å². The molecule has 2 aromatic carbocycles. The van der Waals surface area contributed by atoms with E-state index < -0.39 is 0 Å². The van der Waals surface area contributed by atoms with Crippen molar-refractivity contribution in [3.63, 3.8) is 0 Å². The van der Waals surface area contributed by atoms with Gasteiger partial charge < -0.3 is 5.32 Å². The number of aromatic nitrogens is 1. The molecule has 20 heavy (non-hydrogen) atoms. The van der Waals surface area contributed by atoms with Crippen molar-refractivity contribution in [3.8, 4) is 0 Å². The van der Waals surface area contributed by atoms with Crippen LogP contribution in [0.3, 0.4) is 0 Å². The molecule has 0 bridgehead atoms. The molecule has 1 N–H and O–H groups in total. The highest BCUT2D eigenvalue weighted by Gasteiger charge is 2.08. The van der Waals surface area contributed by atoms with Crippen LogP contribution in [0.1, 0.15) is 18.9 Å². The Hall–Kier alpha value is -1.87. The van der Waals surface area contributed by atoms with Gasteiger partial charge in [0.25, 0.3) is 0 Å². The summed E-state index contributed by atoms with van der Waals surface area (Å²) in [5.74, 6) is 0. The summed E-state index contributed by atoms with van der Waals surface area (Å²) in [6.45, 7) is 2.23.